The average molecular weight is 397 g/mol. The third-order valence-corrected chi connectivity index (χ3v) is 5.02. The van der Waals surface area contributed by atoms with Crippen molar-refractivity contribution in [2.24, 2.45) is 0 Å². The van der Waals surface area contributed by atoms with Gasteiger partial charge in [0.25, 0.3) is 11.5 Å². The summed E-state index contributed by atoms with van der Waals surface area (Å²) in [4.78, 5) is 25.3. The van der Waals surface area contributed by atoms with E-state index in [1.54, 1.807) is 38.1 Å². The molecule has 0 fully saturated rings. The molecule has 0 unspecified atom stereocenters. The van der Waals surface area contributed by atoms with Crippen molar-refractivity contribution in [1.29, 1.82) is 5.26 Å². The molecule has 144 valence electrons. The van der Waals surface area contributed by atoms with Gasteiger partial charge in [-0.2, -0.15) is 5.26 Å². The van der Waals surface area contributed by atoms with Crippen LogP contribution >= 0.6 is 11.3 Å². The van der Waals surface area contributed by atoms with Gasteiger partial charge in [0.1, 0.15) is 10.7 Å². The molecule has 0 aliphatic carbocycles. The Balaban J connectivity index is 2.20. The lowest BCUT2D eigenvalue weighted by Gasteiger charge is -2.07. The highest BCUT2D eigenvalue weighted by Crippen LogP contribution is 2.32. The van der Waals surface area contributed by atoms with Crippen molar-refractivity contribution in [2.45, 2.75) is 26.4 Å². The largest absolute Gasteiger partial charge is 0.454 e. The first-order chi connectivity index (χ1) is 13.4. The van der Waals surface area contributed by atoms with Crippen LogP contribution in [0.3, 0.4) is 0 Å². The highest BCUT2D eigenvalue weighted by Gasteiger charge is 2.17. The molecule has 1 aliphatic rings. The van der Waals surface area contributed by atoms with Crippen LogP contribution in [0, 0.1) is 11.3 Å². The molecule has 1 aromatic heterocycles. The summed E-state index contributed by atoms with van der Waals surface area (Å²) in [6.07, 6.45) is 3.25. The molecular weight excluding hydrogens is 378 g/mol. The van der Waals surface area contributed by atoms with Crippen molar-refractivity contribution in [2.75, 3.05) is 6.79 Å². The lowest BCUT2D eigenvalue weighted by Crippen LogP contribution is -2.36. The lowest BCUT2D eigenvalue weighted by atomic mass is 10.2. The van der Waals surface area contributed by atoms with Crippen LogP contribution in [0.5, 0.6) is 11.5 Å². The molecule has 0 radical (unpaired) electrons. The smallest absolute Gasteiger partial charge is 0.269 e. The minimum atomic E-state index is -0.508. The minimum absolute atomic E-state index is 0.0945. The van der Waals surface area contributed by atoms with Crippen molar-refractivity contribution in [3.8, 4) is 17.6 Å². The van der Waals surface area contributed by atoms with E-state index in [-0.39, 0.29) is 30.5 Å². The van der Waals surface area contributed by atoms with Crippen LogP contribution in [0.1, 0.15) is 19.4 Å². The zero-order chi connectivity index (χ0) is 20.3. The predicted octanol–water partition coefficient (Wildman–Crippen LogP) is 0.852. The Morgan fingerprint density at radius 2 is 2.18 bits per heavy atom. The van der Waals surface area contributed by atoms with E-state index in [1.807, 2.05) is 12.1 Å². The van der Waals surface area contributed by atoms with Crippen LogP contribution in [0.4, 0.5) is 0 Å². The maximum absolute atomic E-state index is 12.9. The zero-order valence-electron chi connectivity index (χ0n) is 15.5. The van der Waals surface area contributed by atoms with Crippen LogP contribution in [-0.2, 0) is 11.3 Å². The molecule has 0 saturated carbocycles. The number of hydrogen-bond acceptors (Lipinski definition) is 6. The number of nitrogens with zero attached hydrogens (tertiary/aromatic N) is 2. The number of nitriles is 1. The van der Waals surface area contributed by atoms with Crippen LogP contribution < -0.4 is 29.5 Å². The molecule has 0 bridgehead atoms. The highest BCUT2D eigenvalue weighted by molar-refractivity contribution is 7.07. The first kappa shape index (κ1) is 19.5. The Morgan fingerprint density at radius 1 is 1.43 bits per heavy atom. The number of ether oxygens (including phenoxy) is 2. The van der Waals surface area contributed by atoms with Gasteiger partial charge in [-0.3, -0.25) is 14.2 Å². The van der Waals surface area contributed by atoms with E-state index in [0.717, 1.165) is 16.9 Å². The van der Waals surface area contributed by atoms with Crippen molar-refractivity contribution in [3.05, 3.63) is 56.0 Å². The molecular formula is C20H19N3O4S. The third kappa shape index (κ3) is 3.85. The number of thiazole rings is 1. The second-order valence-electron chi connectivity index (χ2n) is 6.35. The first-order valence-corrected chi connectivity index (χ1v) is 9.43. The number of amides is 1. The predicted molar refractivity (Wildman–Crippen MR) is 106 cm³/mol. The van der Waals surface area contributed by atoms with E-state index in [9.17, 15) is 14.9 Å². The fraction of sp³-hybridized carbons (Fsp3) is 0.250. The molecule has 8 heteroatoms. The molecule has 1 N–H and O–H groups in total. The summed E-state index contributed by atoms with van der Waals surface area (Å²) >= 11 is 1.10. The lowest BCUT2D eigenvalue weighted by molar-refractivity contribution is -0.116. The summed E-state index contributed by atoms with van der Waals surface area (Å²) < 4.78 is 12.7. The zero-order valence-corrected chi connectivity index (χ0v) is 16.3. The standard InChI is InChI=1S/C20H19N3O4S/c1-4-7-23-19(25)17(9-13-5-6-15-16(8-13)27-11-26-15)28-20(23)14(10-21)18(24)22-12(2)3/h4-6,8-9,12H,1,7,11H2,2-3H3,(H,22,24)/b17-9+,20-14+. The molecule has 3 rings (SSSR count). The molecule has 0 spiro atoms. The van der Waals surface area contributed by atoms with Gasteiger partial charge in [-0.25, -0.2) is 0 Å². The molecule has 2 heterocycles. The van der Waals surface area contributed by atoms with Gasteiger partial charge in [-0.05, 0) is 37.6 Å². The highest BCUT2D eigenvalue weighted by atomic mass is 32.1. The number of carbonyl (C=O) groups excluding carboxylic acids is 1. The SMILES string of the molecule is C=CCn1c(=O)/c(=C\c2ccc3c(c2)OCO3)s/c1=C(\C#N)C(=O)NC(C)C. The van der Waals surface area contributed by atoms with Crippen LogP contribution in [0.2, 0.25) is 0 Å². The van der Waals surface area contributed by atoms with E-state index in [0.29, 0.717) is 20.7 Å². The van der Waals surface area contributed by atoms with Gasteiger partial charge in [0.05, 0.1) is 4.53 Å². The van der Waals surface area contributed by atoms with Gasteiger partial charge in [0, 0.05) is 12.6 Å². The fourth-order valence-electron chi connectivity index (χ4n) is 2.68. The Labute approximate surface area is 165 Å². The average Bonchev–Trinajstić information content (AvgIpc) is 3.22. The molecule has 0 atom stereocenters. The Hall–Kier alpha value is -3.31. The van der Waals surface area contributed by atoms with Gasteiger partial charge < -0.3 is 14.8 Å². The third-order valence-electron chi connectivity index (χ3n) is 3.89. The maximum atomic E-state index is 12.9. The molecule has 1 amide bonds. The number of nitrogens with one attached hydrogen (secondary N) is 1. The van der Waals surface area contributed by atoms with Crippen molar-refractivity contribution in [1.82, 2.24) is 9.88 Å². The summed E-state index contributed by atoms with van der Waals surface area (Å²) in [6.45, 7) is 7.63. The van der Waals surface area contributed by atoms with E-state index < -0.39 is 5.91 Å². The molecule has 0 saturated heterocycles. The summed E-state index contributed by atoms with van der Waals surface area (Å²) in [5.74, 6) is 0.752. The molecule has 1 aromatic carbocycles. The monoisotopic (exact) mass is 397 g/mol. The Morgan fingerprint density at radius 3 is 2.86 bits per heavy atom. The van der Waals surface area contributed by atoms with Crippen LogP contribution in [0.15, 0.2) is 35.6 Å². The van der Waals surface area contributed by atoms with E-state index in [2.05, 4.69) is 11.9 Å². The van der Waals surface area contributed by atoms with Gasteiger partial charge >= 0.3 is 0 Å². The Kier molecular flexibility index (Phi) is 5.66. The topological polar surface area (TPSA) is 93.3 Å². The minimum Gasteiger partial charge on any atom is -0.454 e. The number of rotatable bonds is 5. The molecule has 1 aliphatic heterocycles. The first-order valence-electron chi connectivity index (χ1n) is 8.61. The van der Waals surface area contributed by atoms with Gasteiger partial charge in [-0.15, -0.1) is 17.9 Å². The number of hydrogen-bond donors (Lipinski definition) is 1. The van der Waals surface area contributed by atoms with Gasteiger partial charge in [0.2, 0.25) is 6.79 Å². The molecule has 2 aromatic rings. The number of benzene rings is 1. The molecule has 28 heavy (non-hydrogen) atoms. The normalized spacial score (nSPS) is 14.0. The van der Waals surface area contributed by atoms with E-state index in [1.165, 1.54) is 4.57 Å². The summed E-state index contributed by atoms with van der Waals surface area (Å²) in [7, 11) is 0. The van der Waals surface area contributed by atoms with Gasteiger partial charge in [-0.1, -0.05) is 12.1 Å². The number of carbonyl (C=O) groups is 1. The Bertz CT molecular complexity index is 1150. The van der Waals surface area contributed by atoms with Crippen LogP contribution in [0.25, 0.3) is 11.6 Å². The van der Waals surface area contributed by atoms with Crippen LogP contribution in [-0.4, -0.2) is 23.3 Å². The van der Waals surface area contributed by atoms with Crippen molar-refractivity contribution < 1.29 is 14.3 Å². The van der Waals surface area contributed by atoms with Crippen molar-refractivity contribution in [3.63, 3.8) is 0 Å². The van der Waals surface area contributed by atoms with Gasteiger partial charge in [0.15, 0.2) is 17.1 Å². The second kappa shape index (κ2) is 8.15. The fourth-order valence-corrected chi connectivity index (χ4v) is 3.79. The van der Waals surface area contributed by atoms with E-state index >= 15 is 0 Å². The number of allylic oxidation sites excluding steroid dienone is 1. The quantitative estimate of drug-likeness (QED) is 0.755. The van der Waals surface area contributed by atoms with Crippen molar-refractivity contribution >= 4 is 28.9 Å². The second-order valence-corrected chi connectivity index (χ2v) is 7.38. The summed E-state index contributed by atoms with van der Waals surface area (Å²) in [5, 5.41) is 12.2. The summed E-state index contributed by atoms with van der Waals surface area (Å²) in [5.41, 5.74) is 0.371. The molecule has 7 nitrogen and oxygen atoms in total. The number of fused-ring (bicyclic) bond motifs is 1. The number of aromatic nitrogens is 1. The van der Waals surface area contributed by atoms with E-state index in [4.69, 9.17) is 9.47 Å². The summed E-state index contributed by atoms with van der Waals surface area (Å²) in [6, 6.07) is 7.16. The maximum Gasteiger partial charge on any atom is 0.269 e.